The SMILES string of the molecule is COc1ccc(-c2ccc(C)cn2)cc1N. The van der Waals surface area contributed by atoms with Gasteiger partial charge in [-0.05, 0) is 36.8 Å². The van der Waals surface area contributed by atoms with E-state index in [1.807, 2.05) is 43.5 Å². The van der Waals surface area contributed by atoms with Gasteiger partial charge in [-0.25, -0.2) is 0 Å². The van der Waals surface area contributed by atoms with E-state index in [0.29, 0.717) is 11.4 Å². The molecule has 1 heterocycles. The third-order valence-corrected chi connectivity index (χ3v) is 2.44. The zero-order chi connectivity index (χ0) is 11.5. The van der Waals surface area contributed by atoms with Gasteiger partial charge in [0.05, 0.1) is 18.5 Å². The summed E-state index contributed by atoms with van der Waals surface area (Å²) >= 11 is 0. The van der Waals surface area contributed by atoms with Crippen molar-refractivity contribution in [1.29, 1.82) is 0 Å². The van der Waals surface area contributed by atoms with E-state index in [2.05, 4.69) is 4.98 Å². The van der Waals surface area contributed by atoms with Gasteiger partial charge >= 0.3 is 0 Å². The third kappa shape index (κ3) is 1.98. The molecule has 2 N–H and O–H groups in total. The highest BCUT2D eigenvalue weighted by Crippen LogP contribution is 2.27. The van der Waals surface area contributed by atoms with Crippen LogP contribution >= 0.6 is 0 Å². The maximum Gasteiger partial charge on any atom is 0.141 e. The average molecular weight is 214 g/mol. The molecule has 0 saturated carbocycles. The van der Waals surface area contributed by atoms with E-state index in [-0.39, 0.29) is 0 Å². The molecule has 1 aromatic carbocycles. The number of nitrogens with zero attached hydrogens (tertiary/aromatic N) is 1. The molecule has 82 valence electrons. The minimum absolute atomic E-state index is 0.627. The first-order chi connectivity index (χ1) is 7.70. The molecule has 0 radical (unpaired) electrons. The lowest BCUT2D eigenvalue weighted by molar-refractivity contribution is 0.417. The highest BCUT2D eigenvalue weighted by molar-refractivity contribution is 5.68. The zero-order valence-electron chi connectivity index (χ0n) is 9.40. The number of rotatable bonds is 2. The Hall–Kier alpha value is -2.03. The number of aromatic nitrogens is 1. The molecule has 0 amide bonds. The van der Waals surface area contributed by atoms with Gasteiger partial charge in [0.2, 0.25) is 0 Å². The van der Waals surface area contributed by atoms with Crippen molar-refractivity contribution >= 4 is 5.69 Å². The number of hydrogen-bond acceptors (Lipinski definition) is 3. The summed E-state index contributed by atoms with van der Waals surface area (Å²) in [7, 11) is 1.61. The molecule has 0 atom stereocenters. The fourth-order valence-electron chi connectivity index (χ4n) is 1.53. The summed E-state index contributed by atoms with van der Waals surface area (Å²) in [5.41, 5.74) is 9.53. The summed E-state index contributed by atoms with van der Waals surface area (Å²) in [5, 5.41) is 0. The Bertz CT molecular complexity index is 492. The predicted octanol–water partition coefficient (Wildman–Crippen LogP) is 2.65. The molecular weight excluding hydrogens is 200 g/mol. The van der Waals surface area contributed by atoms with Crippen molar-refractivity contribution in [3.8, 4) is 17.0 Å². The molecule has 0 aliphatic carbocycles. The van der Waals surface area contributed by atoms with Crippen LogP contribution in [0.25, 0.3) is 11.3 Å². The summed E-state index contributed by atoms with van der Waals surface area (Å²) in [6.45, 7) is 2.01. The molecule has 3 nitrogen and oxygen atoms in total. The van der Waals surface area contributed by atoms with Gasteiger partial charge in [-0.15, -0.1) is 0 Å². The van der Waals surface area contributed by atoms with E-state index in [4.69, 9.17) is 10.5 Å². The van der Waals surface area contributed by atoms with E-state index in [0.717, 1.165) is 16.8 Å². The molecule has 0 unspecified atom stereocenters. The normalized spacial score (nSPS) is 10.1. The molecule has 0 bridgehead atoms. The molecule has 3 heteroatoms. The van der Waals surface area contributed by atoms with Crippen LogP contribution in [-0.4, -0.2) is 12.1 Å². The quantitative estimate of drug-likeness (QED) is 0.782. The Morgan fingerprint density at radius 3 is 2.56 bits per heavy atom. The Morgan fingerprint density at radius 2 is 2.00 bits per heavy atom. The van der Waals surface area contributed by atoms with Gasteiger partial charge in [0.1, 0.15) is 5.75 Å². The number of nitrogens with two attached hydrogens (primary N) is 1. The van der Waals surface area contributed by atoms with E-state index < -0.39 is 0 Å². The number of benzene rings is 1. The predicted molar refractivity (Wildman–Crippen MR) is 65.4 cm³/mol. The molecule has 2 rings (SSSR count). The minimum atomic E-state index is 0.627. The van der Waals surface area contributed by atoms with Gasteiger partial charge < -0.3 is 10.5 Å². The lowest BCUT2D eigenvalue weighted by atomic mass is 10.1. The van der Waals surface area contributed by atoms with Gasteiger partial charge in [0.15, 0.2) is 0 Å². The fraction of sp³-hybridized carbons (Fsp3) is 0.154. The first-order valence-electron chi connectivity index (χ1n) is 5.07. The second kappa shape index (κ2) is 4.23. The lowest BCUT2D eigenvalue weighted by Gasteiger charge is -2.06. The molecule has 16 heavy (non-hydrogen) atoms. The second-order valence-electron chi connectivity index (χ2n) is 3.68. The Morgan fingerprint density at radius 1 is 1.19 bits per heavy atom. The van der Waals surface area contributed by atoms with Crippen molar-refractivity contribution in [1.82, 2.24) is 4.98 Å². The monoisotopic (exact) mass is 214 g/mol. The molecule has 0 aliphatic heterocycles. The maximum absolute atomic E-state index is 5.85. The van der Waals surface area contributed by atoms with Crippen LogP contribution < -0.4 is 10.5 Å². The molecule has 1 aromatic heterocycles. The standard InChI is InChI=1S/C13H14N2O/c1-9-3-5-12(15-8-9)10-4-6-13(16-2)11(14)7-10/h3-8H,14H2,1-2H3. The van der Waals surface area contributed by atoms with Gasteiger partial charge in [-0.3, -0.25) is 4.98 Å². The summed E-state index contributed by atoms with van der Waals surface area (Å²) in [6, 6.07) is 9.69. The van der Waals surface area contributed by atoms with Crippen LogP contribution in [0.5, 0.6) is 5.75 Å². The fourth-order valence-corrected chi connectivity index (χ4v) is 1.53. The van der Waals surface area contributed by atoms with E-state index in [9.17, 15) is 0 Å². The third-order valence-electron chi connectivity index (χ3n) is 2.44. The van der Waals surface area contributed by atoms with E-state index >= 15 is 0 Å². The van der Waals surface area contributed by atoms with Crippen molar-refractivity contribution < 1.29 is 4.74 Å². The average Bonchev–Trinajstić information content (AvgIpc) is 2.30. The molecular formula is C13H14N2O. The molecule has 0 fully saturated rings. The Balaban J connectivity index is 2.41. The zero-order valence-corrected chi connectivity index (χ0v) is 9.40. The van der Waals surface area contributed by atoms with Crippen molar-refractivity contribution in [2.24, 2.45) is 0 Å². The van der Waals surface area contributed by atoms with Crippen molar-refractivity contribution in [3.63, 3.8) is 0 Å². The minimum Gasteiger partial charge on any atom is -0.495 e. The topological polar surface area (TPSA) is 48.1 Å². The lowest BCUT2D eigenvalue weighted by Crippen LogP contribution is -1.93. The Kier molecular flexibility index (Phi) is 2.77. The van der Waals surface area contributed by atoms with Crippen LogP contribution in [0.15, 0.2) is 36.5 Å². The van der Waals surface area contributed by atoms with Crippen molar-refractivity contribution in [2.45, 2.75) is 6.92 Å². The number of nitrogen functional groups attached to an aromatic ring is 1. The van der Waals surface area contributed by atoms with Crippen molar-refractivity contribution in [2.75, 3.05) is 12.8 Å². The van der Waals surface area contributed by atoms with Crippen LogP contribution in [0.3, 0.4) is 0 Å². The van der Waals surface area contributed by atoms with Crippen LogP contribution in [0.2, 0.25) is 0 Å². The largest absolute Gasteiger partial charge is 0.495 e. The van der Waals surface area contributed by atoms with Crippen LogP contribution in [0.1, 0.15) is 5.56 Å². The number of hydrogen-bond donors (Lipinski definition) is 1. The van der Waals surface area contributed by atoms with Gasteiger partial charge in [0.25, 0.3) is 0 Å². The second-order valence-corrected chi connectivity index (χ2v) is 3.68. The highest BCUT2D eigenvalue weighted by Gasteiger charge is 2.03. The molecule has 2 aromatic rings. The first-order valence-corrected chi connectivity index (χ1v) is 5.07. The van der Waals surface area contributed by atoms with E-state index in [1.165, 1.54) is 0 Å². The number of ether oxygens (including phenoxy) is 1. The summed E-state index contributed by atoms with van der Waals surface area (Å²) < 4.78 is 5.11. The number of methoxy groups -OCH3 is 1. The highest BCUT2D eigenvalue weighted by atomic mass is 16.5. The maximum atomic E-state index is 5.85. The Labute approximate surface area is 94.9 Å². The summed E-state index contributed by atoms with van der Waals surface area (Å²) in [4.78, 5) is 4.35. The van der Waals surface area contributed by atoms with Crippen molar-refractivity contribution in [3.05, 3.63) is 42.1 Å². The number of pyridine rings is 1. The first kappa shape index (κ1) is 10.5. The van der Waals surface area contributed by atoms with Gasteiger partial charge in [-0.2, -0.15) is 0 Å². The molecule has 0 aliphatic rings. The number of anilines is 1. The smallest absolute Gasteiger partial charge is 0.141 e. The number of aryl methyl sites for hydroxylation is 1. The molecule has 0 saturated heterocycles. The summed E-state index contributed by atoms with van der Waals surface area (Å²) in [6.07, 6.45) is 1.84. The molecule has 0 spiro atoms. The van der Waals surface area contributed by atoms with E-state index in [1.54, 1.807) is 7.11 Å². The van der Waals surface area contributed by atoms with Crippen LogP contribution in [0.4, 0.5) is 5.69 Å². The van der Waals surface area contributed by atoms with Crippen LogP contribution in [-0.2, 0) is 0 Å². The van der Waals surface area contributed by atoms with Crippen LogP contribution in [0, 0.1) is 6.92 Å². The summed E-state index contributed by atoms with van der Waals surface area (Å²) in [5.74, 6) is 0.691. The van der Waals surface area contributed by atoms with Gasteiger partial charge in [0, 0.05) is 11.8 Å². The van der Waals surface area contributed by atoms with Gasteiger partial charge in [-0.1, -0.05) is 6.07 Å².